The molecule has 0 saturated carbocycles. The molecule has 176 valence electrons. The highest BCUT2D eigenvalue weighted by Crippen LogP contribution is 2.44. The molecule has 0 fully saturated rings. The van der Waals surface area contributed by atoms with Gasteiger partial charge >= 0.3 is 0 Å². The Kier molecular flexibility index (Phi) is 11.7. The maximum absolute atomic E-state index is 2.50. The first kappa shape index (κ1) is 27.7. The van der Waals surface area contributed by atoms with Crippen molar-refractivity contribution in [2.24, 2.45) is 11.8 Å². The predicted molar refractivity (Wildman–Crippen MR) is 140 cm³/mol. The molecule has 0 amide bonds. The van der Waals surface area contributed by atoms with E-state index in [0.717, 1.165) is 11.8 Å². The normalized spacial score (nSPS) is 14.9. The van der Waals surface area contributed by atoms with Crippen molar-refractivity contribution in [1.82, 2.24) is 0 Å². The maximum Gasteiger partial charge on any atom is 0.0137 e. The summed E-state index contributed by atoms with van der Waals surface area (Å²) in [4.78, 5) is 3.34. The second-order valence-corrected chi connectivity index (χ2v) is 13.2. The first-order valence-electron chi connectivity index (χ1n) is 13.1. The number of hydrogen-bond donors (Lipinski definition) is 0. The van der Waals surface area contributed by atoms with Gasteiger partial charge in [0.05, 0.1) is 0 Å². The average Bonchev–Trinajstić information content (AvgIpc) is 2.97. The lowest BCUT2D eigenvalue weighted by molar-refractivity contribution is 0.467. The summed E-state index contributed by atoms with van der Waals surface area (Å²) < 4.78 is 0. The molecule has 0 aliphatic carbocycles. The van der Waals surface area contributed by atoms with Gasteiger partial charge in [-0.3, -0.25) is 0 Å². The van der Waals surface area contributed by atoms with Crippen molar-refractivity contribution in [3.63, 3.8) is 0 Å². The zero-order chi connectivity index (χ0) is 22.9. The molecule has 1 aromatic rings. The van der Waals surface area contributed by atoms with Crippen molar-refractivity contribution >= 4 is 11.3 Å². The largest absolute Gasteiger partial charge is 0.144 e. The minimum Gasteiger partial charge on any atom is -0.144 e. The average molecular weight is 435 g/mol. The van der Waals surface area contributed by atoms with Crippen LogP contribution in [0.2, 0.25) is 0 Å². The van der Waals surface area contributed by atoms with E-state index in [1.165, 1.54) is 70.6 Å². The Labute approximate surface area is 194 Å². The Balaban J connectivity index is 3.20. The van der Waals surface area contributed by atoms with Gasteiger partial charge in [-0.25, -0.2) is 0 Å². The Bertz CT molecular complexity index is 593. The van der Waals surface area contributed by atoms with E-state index < -0.39 is 0 Å². The van der Waals surface area contributed by atoms with Gasteiger partial charge in [-0.2, -0.15) is 0 Å². The molecule has 0 saturated heterocycles. The molecule has 1 aromatic heterocycles. The third-order valence-electron chi connectivity index (χ3n) is 6.44. The fourth-order valence-electron chi connectivity index (χ4n) is 4.71. The van der Waals surface area contributed by atoms with Crippen LogP contribution in [0.15, 0.2) is 0 Å². The van der Waals surface area contributed by atoms with Crippen LogP contribution in [0.1, 0.15) is 148 Å². The van der Waals surface area contributed by atoms with Gasteiger partial charge in [0.2, 0.25) is 0 Å². The second kappa shape index (κ2) is 12.7. The van der Waals surface area contributed by atoms with Crippen LogP contribution in [0.4, 0.5) is 0 Å². The predicted octanol–water partition coefficient (Wildman–Crippen LogP) is 10.3. The Morgan fingerprint density at radius 3 is 1.33 bits per heavy atom. The molecule has 1 heterocycles. The first-order chi connectivity index (χ1) is 13.9. The SMILES string of the molecule is CCCCCCC(C)Cc1c(C(C)(C)C)sc(C(C)(C)C)c1CC(C)CCCCC. The Morgan fingerprint density at radius 2 is 0.967 bits per heavy atom. The minimum absolute atomic E-state index is 0.242. The number of rotatable bonds is 13. The third kappa shape index (κ3) is 9.05. The van der Waals surface area contributed by atoms with E-state index in [2.05, 4.69) is 80.6 Å². The molecule has 2 unspecified atom stereocenters. The van der Waals surface area contributed by atoms with E-state index in [0.29, 0.717) is 0 Å². The molecular formula is C29H54S. The molecule has 1 rings (SSSR count). The molecule has 0 bridgehead atoms. The van der Waals surface area contributed by atoms with Crippen molar-refractivity contribution in [2.45, 2.75) is 151 Å². The summed E-state index contributed by atoms with van der Waals surface area (Å²) in [6.45, 7) is 24.2. The lowest BCUT2D eigenvalue weighted by Gasteiger charge is -2.23. The molecule has 0 aliphatic rings. The zero-order valence-corrected chi connectivity index (χ0v) is 23.2. The van der Waals surface area contributed by atoms with Crippen LogP contribution in [0.5, 0.6) is 0 Å². The smallest absolute Gasteiger partial charge is 0.0137 e. The van der Waals surface area contributed by atoms with Crippen molar-refractivity contribution in [3.8, 4) is 0 Å². The third-order valence-corrected chi connectivity index (χ3v) is 8.56. The fourth-order valence-corrected chi connectivity index (χ4v) is 6.18. The van der Waals surface area contributed by atoms with Gasteiger partial charge in [-0.15, -0.1) is 11.3 Å². The topological polar surface area (TPSA) is 0 Å². The minimum atomic E-state index is 0.242. The summed E-state index contributed by atoms with van der Waals surface area (Å²) in [5.74, 6) is 1.58. The summed E-state index contributed by atoms with van der Waals surface area (Å²) in [6.07, 6.45) is 15.0. The lowest BCUT2D eigenvalue weighted by atomic mass is 9.80. The van der Waals surface area contributed by atoms with Crippen LogP contribution in [0.25, 0.3) is 0 Å². The van der Waals surface area contributed by atoms with E-state index in [4.69, 9.17) is 0 Å². The van der Waals surface area contributed by atoms with Crippen LogP contribution in [-0.2, 0) is 23.7 Å². The summed E-state index contributed by atoms with van der Waals surface area (Å²) >= 11 is 2.14. The van der Waals surface area contributed by atoms with E-state index in [1.54, 1.807) is 20.9 Å². The molecule has 0 aromatic carbocycles. The van der Waals surface area contributed by atoms with Crippen molar-refractivity contribution in [2.75, 3.05) is 0 Å². The van der Waals surface area contributed by atoms with Gasteiger partial charge in [0.15, 0.2) is 0 Å². The highest BCUT2D eigenvalue weighted by Gasteiger charge is 2.31. The lowest BCUT2D eigenvalue weighted by Crippen LogP contribution is -2.16. The molecule has 30 heavy (non-hydrogen) atoms. The summed E-state index contributed by atoms with van der Waals surface area (Å²) in [5.41, 5.74) is 3.96. The molecule has 1 heteroatoms. The zero-order valence-electron chi connectivity index (χ0n) is 22.3. The van der Waals surface area contributed by atoms with Crippen molar-refractivity contribution in [3.05, 3.63) is 20.9 Å². The van der Waals surface area contributed by atoms with Crippen molar-refractivity contribution in [1.29, 1.82) is 0 Å². The molecule has 0 nitrogen and oxygen atoms in total. The van der Waals surface area contributed by atoms with Gasteiger partial charge < -0.3 is 0 Å². The van der Waals surface area contributed by atoms with E-state index in [-0.39, 0.29) is 10.8 Å². The van der Waals surface area contributed by atoms with Gasteiger partial charge in [-0.1, -0.05) is 127 Å². The molecule has 0 radical (unpaired) electrons. The number of thiophene rings is 1. The standard InChI is InChI=1S/C29H54S/c1-11-13-15-17-19-23(4)21-25-24(20-22(3)18-16-14-12-2)26(28(5,6)7)30-27(25)29(8,9)10/h22-23H,11-21H2,1-10H3. The van der Waals surface area contributed by atoms with E-state index >= 15 is 0 Å². The highest BCUT2D eigenvalue weighted by atomic mass is 32.1. The quantitative estimate of drug-likeness (QED) is 0.271. The Hall–Kier alpha value is -0.300. The van der Waals surface area contributed by atoms with Crippen LogP contribution in [0.3, 0.4) is 0 Å². The van der Waals surface area contributed by atoms with Gasteiger partial charge in [-0.05, 0) is 46.6 Å². The van der Waals surface area contributed by atoms with Crippen LogP contribution >= 0.6 is 11.3 Å². The Morgan fingerprint density at radius 1 is 0.600 bits per heavy atom. The fraction of sp³-hybridized carbons (Fsp3) is 0.862. The maximum atomic E-state index is 2.50. The number of hydrogen-bond acceptors (Lipinski definition) is 1. The second-order valence-electron chi connectivity index (χ2n) is 12.2. The van der Waals surface area contributed by atoms with Crippen LogP contribution in [-0.4, -0.2) is 0 Å². The summed E-state index contributed by atoms with van der Waals surface area (Å²) in [6, 6.07) is 0. The molecular weight excluding hydrogens is 380 g/mol. The van der Waals surface area contributed by atoms with E-state index in [9.17, 15) is 0 Å². The van der Waals surface area contributed by atoms with Gasteiger partial charge in [0.1, 0.15) is 0 Å². The first-order valence-corrected chi connectivity index (χ1v) is 13.9. The van der Waals surface area contributed by atoms with Gasteiger partial charge in [0.25, 0.3) is 0 Å². The van der Waals surface area contributed by atoms with Crippen molar-refractivity contribution < 1.29 is 0 Å². The monoisotopic (exact) mass is 434 g/mol. The molecule has 0 N–H and O–H groups in total. The van der Waals surface area contributed by atoms with E-state index in [1.807, 2.05) is 0 Å². The summed E-state index contributed by atoms with van der Waals surface area (Å²) in [5, 5.41) is 0. The summed E-state index contributed by atoms with van der Waals surface area (Å²) in [7, 11) is 0. The van der Waals surface area contributed by atoms with Crippen LogP contribution in [0, 0.1) is 11.8 Å². The highest BCUT2D eigenvalue weighted by molar-refractivity contribution is 7.12. The van der Waals surface area contributed by atoms with Gasteiger partial charge in [0, 0.05) is 9.75 Å². The number of unbranched alkanes of at least 4 members (excludes halogenated alkanes) is 5. The molecule has 0 aliphatic heterocycles. The molecule has 0 spiro atoms. The van der Waals surface area contributed by atoms with Crippen LogP contribution < -0.4 is 0 Å². The molecule has 2 atom stereocenters.